The number of carbonyl (C=O) groups is 2. The first-order chi connectivity index (χ1) is 16.9. The molecule has 0 N–H and O–H groups in total. The van der Waals surface area contributed by atoms with Gasteiger partial charge in [0, 0.05) is 42.5 Å². The van der Waals surface area contributed by atoms with E-state index in [4.69, 9.17) is 0 Å². The lowest BCUT2D eigenvalue weighted by atomic mass is 9.59. The van der Waals surface area contributed by atoms with Crippen LogP contribution in [0.2, 0.25) is 0 Å². The zero-order chi connectivity index (χ0) is 24.6. The molecule has 3 aromatic heterocycles. The molecule has 0 radical (unpaired) electrons. The first-order valence-electron chi connectivity index (χ1n) is 13.1. The highest BCUT2D eigenvalue weighted by molar-refractivity contribution is 6.05. The lowest BCUT2D eigenvalue weighted by molar-refractivity contribution is -0.142. The van der Waals surface area contributed by atoms with Crippen molar-refractivity contribution in [2.45, 2.75) is 85.0 Å². The SMILES string of the molecule is CCc1cc(CCC2(C3CCCC3)CC(=O)C(Cc3nc4nc(C)cc(C)n4n3)C(=O)C2)ccn1. The molecule has 3 aromatic rings. The van der Waals surface area contributed by atoms with Gasteiger partial charge in [-0.2, -0.15) is 4.98 Å². The number of Topliss-reactive ketones (excluding diaryl/α,β-unsaturated/α-hetero) is 2. The number of hydrogen-bond acceptors (Lipinski definition) is 6. The zero-order valence-corrected chi connectivity index (χ0v) is 21.1. The number of aryl methyl sites for hydroxylation is 4. The van der Waals surface area contributed by atoms with E-state index in [2.05, 4.69) is 39.1 Å². The highest BCUT2D eigenvalue weighted by atomic mass is 16.2. The van der Waals surface area contributed by atoms with Gasteiger partial charge in [0.05, 0.1) is 5.92 Å². The van der Waals surface area contributed by atoms with Crippen LogP contribution in [0, 0.1) is 31.1 Å². The van der Waals surface area contributed by atoms with E-state index >= 15 is 0 Å². The average molecular weight is 474 g/mol. The van der Waals surface area contributed by atoms with Gasteiger partial charge >= 0.3 is 0 Å². The van der Waals surface area contributed by atoms with Crippen molar-refractivity contribution >= 4 is 17.3 Å². The van der Waals surface area contributed by atoms with Crippen LogP contribution in [-0.2, 0) is 28.9 Å². The van der Waals surface area contributed by atoms with Crippen LogP contribution >= 0.6 is 0 Å². The molecule has 0 atom stereocenters. The van der Waals surface area contributed by atoms with Crippen molar-refractivity contribution in [3.8, 4) is 0 Å². The molecule has 3 heterocycles. The maximum atomic E-state index is 13.5. The molecule has 0 spiro atoms. The summed E-state index contributed by atoms with van der Waals surface area (Å²) in [5, 5.41) is 4.56. The second-order valence-electron chi connectivity index (χ2n) is 10.7. The first-order valence-corrected chi connectivity index (χ1v) is 13.1. The lowest BCUT2D eigenvalue weighted by Gasteiger charge is -2.43. The summed E-state index contributed by atoms with van der Waals surface area (Å²) in [7, 11) is 0. The van der Waals surface area contributed by atoms with Gasteiger partial charge in [0.25, 0.3) is 5.78 Å². The number of nitrogens with zero attached hydrogens (tertiary/aromatic N) is 5. The predicted octanol–water partition coefficient (Wildman–Crippen LogP) is 4.60. The normalized spacial score (nSPS) is 23.5. The Morgan fingerprint density at radius 1 is 1.06 bits per heavy atom. The van der Waals surface area contributed by atoms with E-state index in [0.717, 1.165) is 49.2 Å². The monoisotopic (exact) mass is 473 g/mol. The van der Waals surface area contributed by atoms with Crippen LogP contribution in [0.4, 0.5) is 0 Å². The Morgan fingerprint density at radius 2 is 1.80 bits per heavy atom. The Hall–Kier alpha value is -2.96. The Balaban J connectivity index is 1.36. The Morgan fingerprint density at radius 3 is 2.51 bits per heavy atom. The van der Waals surface area contributed by atoms with E-state index in [1.165, 1.54) is 18.4 Å². The van der Waals surface area contributed by atoms with Gasteiger partial charge in [0.15, 0.2) is 5.82 Å². The molecule has 0 aromatic carbocycles. The van der Waals surface area contributed by atoms with Crippen molar-refractivity contribution in [2.24, 2.45) is 17.3 Å². The van der Waals surface area contributed by atoms with E-state index < -0.39 is 5.92 Å². The van der Waals surface area contributed by atoms with Crippen LogP contribution in [0.5, 0.6) is 0 Å². The molecule has 2 saturated carbocycles. The number of rotatable bonds is 7. The van der Waals surface area contributed by atoms with Gasteiger partial charge in [-0.3, -0.25) is 14.6 Å². The fourth-order valence-corrected chi connectivity index (χ4v) is 6.36. The van der Waals surface area contributed by atoms with Crippen LogP contribution < -0.4 is 0 Å². The molecule has 0 saturated heterocycles. The summed E-state index contributed by atoms with van der Waals surface area (Å²) < 4.78 is 1.70. The Bertz CT molecular complexity index is 1240. The van der Waals surface area contributed by atoms with Crippen LogP contribution in [0.1, 0.15) is 80.3 Å². The van der Waals surface area contributed by atoms with Gasteiger partial charge in [-0.1, -0.05) is 19.8 Å². The third-order valence-corrected chi connectivity index (χ3v) is 8.25. The molecule has 0 bridgehead atoms. The second-order valence-corrected chi connectivity index (χ2v) is 10.7. The van der Waals surface area contributed by atoms with Crippen LogP contribution in [0.15, 0.2) is 24.4 Å². The molecule has 0 aliphatic heterocycles. The van der Waals surface area contributed by atoms with Gasteiger partial charge in [0.1, 0.15) is 11.6 Å². The molecule has 0 amide bonds. The van der Waals surface area contributed by atoms with Gasteiger partial charge < -0.3 is 0 Å². The third-order valence-electron chi connectivity index (χ3n) is 8.25. The van der Waals surface area contributed by atoms with E-state index in [0.29, 0.717) is 30.4 Å². The Kier molecular flexibility index (Phi) is 6.51. The molecular formula is C28H35N5O2. The summed E-state index contributed by atoms with van der Waals surface area (Å²) >= 11 is 0. The summed E-state index contributed by atoms with van der Waals surface area (Å²) in [6, 6.07) is 6.19. The van der Waals surface area contributed by atoms with Gasteiger partial charge in [-0.15, -0.1) is 5.10 Å². The summed E-state index contributed by atoms with van der Waals surface area (Å²) in [4.78, 5) is 40.4. The van der Waals surface area contributed by atoms with E-state index in [1.807, 2.05) is 26.1 Å². The zero-order valence-electron chi connectivity index (χ0n) is 21.1. The molecule has 7 heteroatoms. The van der Waals surface area contributed by atoms with Crippen molar-refractivity contribution < 1.29 is 9.59 Å². The van der Waals surface area contributed by atoms with Gasteiger partial charge in [0.2, 0.25) is 0 Å². The van der Waals surface area contributed by atoms with E-state index in [-0.39, 0.29) is 23.4 Å². The van der Waals surface area contributed by atoms with Crippen molar-refractivity contribution in [1.29, 1.82) is 0 Å². The molecule has 184 valence electrons. The summed E-state index contributed by atoms with van der Waals surface area (Å²) in [5.74, 6) is 0.990. The van der Waals surface area contributed by atoms with Crippen molar-refractivity contribution in [3.63, 3.8) is 0 Å². The van der Waals surface area contributed by atoms with E-state index in [1.54, 1.807) is 4.52 Å². The highest BCUT2D eigenvalue weighted by Crippen LogP contribution is 2.51. The predicted molar refractivity (Wildman–Crippen MR) is 133 cm³/mol. The van der Waals surface area contributed by atoms with Crippen LogP contribution in [0.25, 0.3) is 5.78 Å². The molecule has 2 fully saturated rings. The summed E-state index contributed by atoms with van der Waals surface area (Å²) in [6.07, 6.45) is 10.4. The van der Waals surface area contributed by atoms with Gasteiger partial charge in [-0.05, 0) is 81.0 Å². The molecular weight excluding hydrogens is 438 g/mol. The number of pyridine rings is 1. The average Bonchev–Trinajstić information content (AvgIpc) is 3.51. The number of ketones is 2. The topological polar surface area (TPSA) is 90.1 Å². The fraction of sp³-hybridized carbons (Fsp3) is 0.571. The number of fused-ring (bicyclic) bond motifs is 1. The minimum Gasteiger partial charge on any atom is -0.299 e. The highest BCUT2D eigenvalue weighted by Gasteiger charge is 2.49. The molecule has 7 nitrogen and oxygen atoms in total. The molecule has 5 rings (SSSR count). The van der Waals surface area contributed by atoms with Crippen molar-refractivity contribution in [3.05, 3.63) is 52.9 Å². The van der Waals surface area contributed by atoms with Crippen molar-refractivity contribution in [2.75, 3.05) is 0 Å². The lowest BCUT2D eigenvalue weighted by Crippen LogP contribution is -2.45. The maximum absolute atomic E-state index is 13.5. The Labute approximate surface area is 206 Å². The van der Waals surface area contributed by atoms with Gasteiger partial charge in [-0.25, -0.2) is 9.50 Å². The van der Waals surface area contributed by atoms with Crippen LogP contribution in [-0.4, -0.2) is 36.1 Å². The minimum absolute atomic E-state index is 0.0665. The van der Waals surface area contributed by atoms with E-state index in [9.17, 15) is 9.59 Å². The summed E-state index contributed by atoms with van der Waals surface area (Å²) in [5.41, 5.74) is 3.94. The smallest absolute Gasteiger partial charge is 0.252 e. The largest absolute Gasteiger partial charge is 0.299 e. The minimum atomic E-state index is -0.643. The standard InChI is InChI=1S/C28H35N5O2/c1-4-22-14-20(10-12-29-22)9-11-28(21-7-5-6-8-21)16-24(34)23(25(35)17-28)15-26-31-27-30-18(2)13-19(3)33(27)32-26/h10,12-14,21,23H,4-9,11,15-17H2,1-3H3. The first kappa shape index (κ1) is 23.8. The molecule has 35 heavy (non-hydrogen) atoms. The molecule has 2 aliphatic carbocycles. The number of hydrogen-bond donors (Lipinski definition) is 0. The second kappa shape index (κ2) is 9.59. The number of carbonyl (C=O) groups excluding carboxylic acids is 2. The molecule has 0 unspecified atom stereocenters. The number of aromatic nitrogens is 5. The molecule has 2 aliphatic rings. The fourth-order valence-electron chi connectivity index (χ4n) is 6.36. The van der Waals surface area contributed by atoms with Crippen LogP contribution in [0.3, 0.4) is 0 Å². The third kappa shape index (κ3) is 4.78. The van der Waals surface area contributed by atoms with Crippen molar-refractivity contribution in [1.82, 2.24) is 24.6 Å². The summed E-state index contributed by atoms with van der Waals surface area (Å²) in [6.45, 7) is 5.99. The maximum Gasteiger partial charge on any atom is 0.252 e. The quantitative estimate of drug-likeness (QED) is 0.466.